The molecule has 96 valence electrons. The molecule has 4 heteroatoms. The van der Waals surface area contributed by atoms with E-state index in [1.54, 1.807) is 12.1 Å². The second-order valence-electron chi connectivity index (χ2n) is 4.42. The standard InChI is InChI=1S/C14H16O4/c1-9-7-10(14(16)17-2)3-4-12(9)13-8-11(15)5-6-18-13/h3-4,7,13H,5-6,8H2,1-2H3/t13-/m1/s1. The third-order valence-electron chi connectivity index (χ3n) is 3.15. The first-order valence-corrected chi connectivity index (χ1v) is 5.94. The molecule has 1 aromatic rings. The highest BCUT2D eigenvalue weighted by atomic mass is 16.5. The van der Waals surface area contributed by atoms with Gasteiger partial charge >= 0.3 is 5.97 Å². The highest BCUT2D eigenvalue weighted by molar-refractivity contribution is 5.89. The Bertz CT molecular complexity index is 479. The molecule has 1 fully saturated rings. The first kappa shape index (κ1) is 12.8. The quantitative estimate of drug-likeness (QED) is 0.753. The fourth-order valence-corrected chi connectivity index (χ4v) is 2.16. The van der Waals surface area contributed by atoms with Crippen LogP contribution in [-0.2, 0) is 14.3 Å². The molecule has 0 bridgehead atoms. The van der Waals surface area contributed by atoms with Crippen molar-refractivity contribution < 1.29 is 19.1 Å². The van der Waals surface area contributed by atoms with Crippen molar-refractivity contribution in [3.63, 3.8) is 0 Å². The minimum Gasteiger partial charge on any atom is -0.465 e. The smallest absolute Gasteiger partial charge is 0.337 e. The largest absolute Gasteiger partial charge is 0.465 e. The van der Waals surface area contributed by atoms with Crippen molar-refractivity contribution in [3.05, 3.63) is 34.9 Å². The van der Waals surface area contributed by atoms with Gasteiger partial charge in [-0.15, -0.1) is 0 Å². The summed E-state index contributed by atoms with van der Waals surface area (Å²) in [7, 11) is 1.36. The number of aryl methyl sites for hydroxylation is 1. The van der Waals surface area contributed by atoms with Crippen molar-refractivity contribution in [1.29, 1.82) is 0 Å². The fourth-order valence-electron chi connectivity index (χ4n) is 2.16. The van der Waals surface area contributed by atoms with Gasteiger partial charge in [0.15, 0.2) is 0 Å². The van der Waals surface area contributed by atoms with Gasteiger partial charge in [-0.1, -0.05) is 6.07 Å². The third kappa shape index (κ3) is 2.59. The van der Waals surface area contributed by atoms with E-state index in [4.69, 9.17) is 4.74 Å². The third-order valence-corrected chi connectivity index (χ3v) is 3.15. The molecular weight excluding hydrogens is 232 g/mol. The number of rotatable bonds is 2. The normalized spacial score (nSPS) is 19.7. The average molecular weight is 248 g/mol. The molecule has 0 amide bonds. The van der Waals surface area contributed by atoms with Gasteiger partial charge in [0.25, 0.3) is 0 Å². The maximum absolute atomic E-state index is 11.4. The number of ether oxygens (including phenoxy) is 2. The summed E-state index contributed by atoms with van der Waals surface area (Å²) in [5.74, 6) is -0.131. The molecule has 0 aliphatic carbocycles. The lowest BCUT2D eigenvalue weighted by Gasteiger charge is -2.23. The van der Waals surface area contributed by atoms with Crippen LogP contribution >= 0.6 is 0 Å². The molecular formula is C14H16O4. The summed E-state index contributed by atoms with van der Waals surface area (Å²) in [4.78, 5) is 22.8. The zero-order chi connectivity index (χ0) is 13.1. The van der Waals surface area contributed by atoms with Crippen molar-refractivity contribution >= 4 is 11.8 Å². The predicted molar refractivity (Wildman–Crippen MR) is 65.5 cm³/mol. The second kappa shape index (κ2) is 5.31. The van der Waals surface area contributed by atoms with Gasteiger partial charge in [0.05, 0.1) is 25.4 Å². The Hall–Kier alpha value is -1.68. The fraction of sp³-hybridized carbons (Fsp3) is 0.429. The first-order valence-electron chi connectivity index (χ1n) is 5.94. The number of esters is 1. The van der Waals surface area contributed by atoms with Crippen molar-refractivity contribution in [2.75, 3.05) is 13.7 Å². The van der Waals surface area contributed by atoms with Crippen LogP contribution in [0, 0.1) is 6.92 Å². The summed E-state index contributed by atoms with van der Waals surface area (Å²) in [6.45, 7) is 2.38. The number of ketones is 1. The van der Waals surface area contributed by atoms with E-state index < -0.39 is 0 Å². The number of carbonyl (C=O) groups excluding carboxylic acids is 2. The molecule has 1 aliphatic rings. The number of carbonyl (C=O) groups is 2. The summed E-state index contributed by atoms with van der Waals surface area (Å²) in [5.41, 5.74) is 2.43. The maximum Gasteiger partial charge on any atom is 0.337 e. The van der Waals surface area contributed by atoms with Crippen LogP contribution in [0.3, 0.4) is 0 Å². The van der Waals surface area contributed by atoms with Gasteiger partial charge < -0.3 is 9.47 Å². The first-order chi connectivity index (χ1) is 8.61. The van der Waals surface area contributed by atoms with Crippen LogP contribution in [0.2, 0.25) is 0 Å². The molecule has 1 saturated heterocycles. The molecule has 0 aromatic heterocycles. The summed E-state index contributed by atoms with van der Waals surface area (Å²) < 4.78 is 10.3. The molecule has 0 radical (unpaired) electrons. The lowest BCUT2D eigenvalue weighted by molar-refractivity contribution is -0.128. The van der Waals surface area contributed by atoms with E-state index >= 15 is 0 Å². The van der Waals surface area contributed by atoms with E-state index in [0.29, 0.717) is 25.0 Å². The Kier molecular flexibility index (Phi) is 3.77. The van der Waals surface area contributed by atoms with E-state index in [2.05, 4.69) is 4.74 Å². The van der Waals surface area contributed by atoms with Gasteiger partial charge in [0.2, 0.25) is 0 Å². The zero-order valence-electron chi connectivity index (χ0n) is 10.6. The van der Waals surface area contributed by atoms with Gasteiger partial charge in [0, 0.05) is 12.8 Å². The maximum atomic E-state index is 11.4. The Morgan fingerprint density at radius 1 is 1.44 bits per heavy atom. The molecule has 0 saturated carbocycles. The van der Waals surface area contributed by atoms with Crippen molar-refractivity contribution in [2.24, 2.45) is 0 Å². The molecule has 0 spiro atoms. The number of methoxy groups -OCH3 is 1. The van der Waals surface area contributed by atoms with Gasteiger partial charge in [0.1, 0.15) is 5.78 Å². The Morgan fingerprint density at radius 3 is 2.83 bits per heavy atom. The lowest BCUT2D eigenvalue weighted by Crippen LogP contribution is -2.20. The van der Waals surface area contributed by atoms with E-state index in [9.17, 15) is 9.59 Å². The molecule has 1 heterocycles. The minimum atomic E-state index is -0.356. The summed E-state index contributed by atoms with van der Waals surface area (Å²) in [6, 6.07) is 5.31. The van der Waals surface area contributed by atoms with Crippen molar-refractivity contribution in [1.82, 2.24) is 0 Å². The number of benzene rings is 1. The molecule has 1 aromatic carbocycles. The lowest BCUT2D eigenvalue weighted by atomic mass is 9.95. The Balaban J connectivity index is 2.24. The van der Waals surface area contributed by atoms with Crippen molar-refractivity contribution in [3.8, 4) is 0 Å². The van der Waals surface area contributed by atoms with E-state index in [1.165, 1.54) is 7.11 Å². The molecule has 1 aliphatic heterocycles. The van der Waals surface area contributed by atoms with Crippen LogP contribution in [-0.4, -0.2) is 25.5 Å². The highest BCUT2D eigenvalue weighted by Crippen LogP contribution is 2.29. The Morgan fingerprint density at radius 2 is 2.22 bits per heavy atom. The van der Waals surface area contributed by atoms with Gasteiger partial charge in [-0.25, -0.2) is 4.79 Å². The Labute approximate surface area is 106 Å². The number of Topliss-reactive ketones (excluding diaryl/α,β-unsaturated/α-hetero) is 1. The van der Waals surface area contributed by atoms with Crippen LogP contribution in [0.25, 0.3) is 0 Å². The van der Waals surface area contributed by atoms with Gasteiger partial charge in [-0.3, -0.25) is 4.79 Å². The van der Waals surface area contributed by atoms with Crippen LogP contribution in [0.4, 0.5) is 0 Å². The SMILES string of the molecule is COC(=O)c1ccc([C@H]2CC(=O)CCO2)c(C)c1. The number of hydrogen-bond donors (Lipinski definition) is 0. The van der Waals surface area contributed by atoms with Crippen LogP contribution < -0.4 is 0 Å². The van der Waals surface area contributed by atoms with Crippen molar-refractivity contribution in [2.45, 2.75) is 25.9 Å². The van der Waals surface area contributed by atoms with Gasteiger partial charge in [-0.2, -0.15) is 0 Å². The predicted octanol–water partition coefficient (Wildman–Crippen LogP) is 2.20. The molecule has 2 rings (SSSR count). The molecule has 18 heavy (non-hydrogen) atoms. The highest BCUT2D eigenvalue weighted by Gasteiger charge is 2.23. The monoisotopic (exact) mass is 248 g/mol. The van der Waals surface area contributed by atoms with Crippen LogP contribution in [0.15, 0.2) is 18.2 Å². The summed E-state index contributed by atoms with van der Waals surface area (Å²) in [5, 5.41) is 0. The van der Waals surface area contributed by atoms with E-state index in [0.717, 1.165) is 11.1 Å². The van der Waals surface area contributed by atoms with Crippen LogP contribution in [0.1, 0.15) is 40.4 Å². The summed E-state index contributed by atoms with van der Waals surface area (Å²) >= 11 is 0. The minimum absolute atomic E-state index is 0.182. The van der Waals surface area contributed by atoms with E-state index in [1.807, 2.05) is 13.0 Å². The van der Waals surface area contributed by atoms with Gasteiger partial charge in [-0.05, 0) is 30.2 Å². The van der Waals surface area contributed by atoms with Crippen LogP contribution in [0.5, 0.6) is 0 Å². The molecule has 4 nitrogen and oxygen atoms in total. The number of hydrogen-bond acceptors (Lipinski definition) is 4. The van der Waals surface area contributed by atoms with E-state index in [-0.39, 0.29) is 17.9 Å². The summed E-state index contributed by atoms with van der Waals surface area (Å²) in [6.07, 6.45) is 0.728. The topological polar surface area (TPSA) is 52.6 Å². The average Bonchev–Trinajstić information content (AvgIpc) is 2.37. The molecule has 1 atom stereocenters. The zero-order valence-corrected chi connectivity index (χ0v) is 10.6. The molecule has 0 unspecified atom stereocenters. The molecule has 0 N–H and O–H groups in total. The second-order valence-corrected chi connectivity index (χ2v) is 4.42.